The predicted octanol–water partition coefficient (Wildman–Crippen LogP) is -1.92. The minimum absolute atomic E-state index is 0.104. The predicted molar refractivity (Wildman–Crippen MR) is 93.1 cm³/mol. The number of piperidine rings is 1. The largest absolute Gasteiger partial charge is 0.480 e. The first-order chi connectivity index (χ1) is 13.2. The maximum absolute atomic E-state index is 12.1. The number of carbonyl (C=O) groups is 3. The average molecular weight is 400 g/mol. The highest BCUT2D eigenvalue weighted by molar-refractivity contribution is 5.83. The summed E-state index contributed by atoms with van der Waals surface area (Å²) in [5.41, 5.74) is 5.19. The second-order valence-corrected chi connectivity index (χ2v) is 6.57. The summed E-state index contributed by atoms with van der Waals surface area (Å²) >= 11 is 0. The van der Waals surface area contributed by atoms with Crippen molar-refractivity contribution in [2.24, 2.45) is 5.73 Å². The van der Waals surface area contributed by atoms with Crippen LogP contribution in [0.5, 0.6) is 0 Å². The molecule has 1 aromatic rings. The van der Waals surface area contributed by atoms with Crippen LogP contribution in [-0.4, -0.2) is 74.7 Å². The van der Waals surface area contributed by atoms with Crippen LogP contribution in [0, 0.1) is 0 Å². The Morgan fingerprint density at radius 2 is 2.11 bits per heavy atom. The SMILES string of the molecule is CC(O)C(NC(=O)N[C@@H](CC(N)=O)c1nc(N2CCC[C@H](O)C2)no1)C(=O)O. The number of rotatable bonds is 8. The van der Waals surface area contributed by atoms with Gasteiger partial charge >= 0.3 is 12.0 Å². The topological polar surface area (TPSA) is 204 Å². The first-order valence-corrected chi connectivity index (χ1v) is 8.70. The molecule has 0 aliphatic carbocycles. The van der Waals surface area contributed by atoms with E-state index >= 15 is 0 Å². The molecule has 13 heteroatoms. The Balaban J connectivity index is 2.10. The van der Waals surface area contributed by atoms with Gasteiger partial charge in [0.25, 0.3) is 11.8 Å². The molecule has 2 unspecified atom stereocenters. The number of aliphatic hydroxyl groups excluding tert-OH is 2. The zero-order valence-electron chi connectivity index (χ0n) is 15.2. The summed E-state index contributed by atoms with van der Waals surface area (Å²) in [4.78, 5) is 40.4. The fourth-order valence-corrected chi connectivity index (χ4v) is 2.76. The summed E-state index contributed by atoms with van der Waals surface area (Å²) in [5, 5.41) is 36.4. The summed E-state index contributed by atoms with van der Waals surface area (Å²) in [5.74, 6) is -2.10. The van der Waals surface area contributed by atoms with E-state index in [2.05, 4.69) is 20.8 Å². The minimum Gasteiger partial charge on any atom is -0.480 e. The number of urea groups is 1. The number of nitrogens with one attached hydrogen (secondary N) is 2. The van der Waals surface area contributed by atoms with Gasteiger partial charge in [0.05, 0.1) is 18.6 Å². The Morgan fingerprint density at radius 1 is 1.39 bits per heavy atom. The number of nitrogens with zero attached hydrogens (tertiary/aromatic N) is 3. The van der Waals surface area contributed by atoms with Crippen LogP contribution in [0.1, 0.15) is 38.1 Å². The van der Waals surface area contributed by atoms with Gasteiger partial charge in [-0.2, -0.15) is 4.98 Å². The number of nitrogens with two attached hydrogens (primary N) is 1. The third-order valence-electron chi connectivity index (χ3n) is 4.15. The molecule has 2 rings (SSSR count). The molecule has 3 amide bonds. The third kappa shape index (κ3) is 5.79. The van der Waals surface area contributed by atoms with Crippen LogP contribution in [0.3, 0.4) is 0 Å². The van der Waals surface area contributed by atoms with Crippen molar-refractivity contribution in [3.05, 3.63) is 5.89 Å². The number of carboxylic acid groups (broad SMARTS) is 1. The molecule has 0 spiro atoms. The van der Waals surface area contributed by atoms with E-state index < -0.39 is 42.2 Å². The molecule has 1 aliphatic rings. The molecule has 0 radical (unpaired) electrons. The number of amides is 3. The van der Waals surface area contributed by atoms with Crippen molar-refractivity contribution in [3.63, 3.8) is 0 Å². The Kier molecular flexibility index (Phi) is 7.12. The highest BCUT2D eigenvalue weighted by Crippen LogP contribution is 2.21. The number of aromatic nitrogens is 2. The second kappa shape index (κ2) is 9.32. The van der Waals surface area contributed by atoms with Crippen molar-refractivity contribution in [1.29, 1.82) is 0 Å². The molecule has 0 saturated carbocycles. The second-order valence-electron chi connectivity index (χ2n) is 6.57. The van der Waals surface area contributed by atoms with Crippen LogP contribution in [0.15, 0.2) is 4.52 Å². The Morgan fingerprint density at radius 3 is 2.68 bits per heavy atom. The standard InChI is InChI=1S/C15H24N6O7/c1-7(22)11(13(25)26)18-15(27)17-9(5-10(16)24)12-19-14(20-28-12)21-4-2-3-8(23)6-21/h7-9,11,22-23H,2-6H2,1H3,(H2,16,24)(H,25,26)(H2,17,18,27)/t7?,8-,9-,11?/m0/s1. The van der Waals surface area contributed by atoms with Gasteiger partial charge in [-0.15, -0.1) is 0 Å². The lowest BCUT2D eigenvalue weighted by Gasteiger charge is -2.28. The van der Waals surface area contributed by atoms with Gasteiger partial charge < -0.3 is 41.1 Å². The fraction of sp³-hybridized carbons (Fsp3) is 0.667. The van der Waals surface area contributed by atoms with Crippen LogP contribution in [-0.2, 0) is 9.59 Å². The monoisotopic (exact) mass is 400 g/mol. The molecule has 1 aromatic heterocycles. The molecular formula is C15H24N6O7. The average Bonchev–Trinajstić information content (AvgIpc) is 3.08. The molecule has 156 valence electrons. The zero-order valence-corrected chi connectivity index (χ0v) is 15.2. The molecule has 13 nitrogen and oxygen atoms in total. The van der Waals surface area contributed by atoms with E-state index in [1.807, 2.05) is 0 Å². The van der Waals surface area contributed by atoms with E-state index in [1.165, 1.54) is 6.92 Å². The van der Waals surface area contributed by atoms with Gasteiger partial charge in [-0.05, 0) is 24.9 Å². The maximum Gasteiger partial charge on any atom is 0.328 e. The maximum atomic E-state index is 12.1. The van der Waals surface area contributed by atoms with E-state index in [-0.39, 0.29) is 18.3 Å². The highest BCUT2D eigenvalue weighted by Gasteiger charge is 2.29. The van der Waals surface area contributed by atoms with E-state index in [9.17, 15) is 24.6 Å². The molecule has 4 atom stereocenters. The Labute approximate surface area is 159 Å². The number of β-amino-alcohol motifs (C(OH)–C–C–N with tert-alkyl or cyclic N) is 1. The minimum atomic E-state index is -1.55. The van der Waals surface area contributed by atoms with E-state index in [4.69, 9.17) is 15.4 Å². The normalized spacial score (nSPS) is 20.1. The highest BCUT2D eigenvalue weighted by atomic mass is 16.5. The summed E-state index contributed by atoms with van der Waals surface area (Å²) in [6, 6.07) is -3.62. The molecule has 1 saturated heterocycles. The molecule has 1 fully saturated rings. The third-order valence-corrected chi connectivity index (χ3v) is 4.15. The first kappa shape index (κ1) is 21.4. The number of hydrogen-bond acceptors (Lipinski definition) is 9. The number of aliphatic hydroxyl groups is 2. The number of aliphatic carboxylic acids is 1. The lowest BCUT2D eigenvalue weighted by molar-refractivity contribution is -0.141. The van der Waals surface area contributed by atoms with Crippen LogP contribution >= 0.6 is 0 Å². The summed E-state index contributed by atoms with van der Waals surface area (Å²) in [6.45, 7) is 2.14. The fourth-order valence-electron chi connectivity index (χ4n) is 2.76. The number of carboxylic acids is 1. The van der Waals surface area contributed by atoms with Gasteiger partial charge in [0.2, 0.25) is 5.91 Å². The van der Waals surface area contributed by atoms with Crippen LogP contribution in [0.4, 0.5) is 10.7 Å². The van der Waals surface area contributed by atoms with Gasteiger partial charge in [0.15, 0.2) is 6.04 Å². The van der Waals surface area contributed by atoms with Crippen LogP contribution < -0.4 is 21.3 Å². The molecule has 7 N–H and O–H groups in total. The summed E-state index contributed by atoms with van der Waals surface area (Å²) in [7, 11) is 0. The van der Waals surface area contributed by atoms with Crippen molar-refractivity contribution in [1.82, 2.24) is 20.8 Å². The number of hydrogen-bond donors (Lipinski definition) is 6. The molecule has 0 bridgehead atoms. The number of primary amides is 1. The molecule has 0 aromatic carbocycles. The van der Waals surface area contributed by atoms with Crippen molar-refractivity contribution in [2.45, 2.75) is 50.5 Å². The van der Waals surface area contributed by atoms with E-state index in [0.717, 1.165) is 6.42 Å². The smallest absolute Gasteiger partial charge is 0.328 e. The zero-order chi connectivity index (χ0) is 20.8. The van der Waals surface area contributed by atoms with Crippen molar-refractivity contribution in [2.75, 3.05) is 18.0 Å². The number of carbonyl (C=O) groups excluding carboxylic acids is 2. The lowest BCUT2D eigenvalue weighted by atomic mass is 10.1. The summed E-state index contributed by atoms with van der Waals surface area (Å²) < 4.78 is 5.12. The summed E-state index contributed by atoms with van der Waals surface area (Å²) in [6.07, 6.45) is -0.828. The van der Waals surface area contributed by atoms with Crippen molar-refractivity contribution in [3.8, 4) is 0 Å². The first-order valence-electron chi connectivity index (χ1n) is 8.70. The molecular weight excluding hydrogens is 376 g/mol. The lowest BCUT2D eigenvalue weighted by Crippen LogP contribution is -2.52. The van der Waals surface area contributed by atoms with Gasteiger partial charge in [0, 0.05) is 13.1 Å². The van der Waals surface area contributed by atoms with Crippen LogP contribution in [0.2, 0.25) is 0 Å². The molecule has 2 heterocycles. The van der Waals surface area contributed by atoms with E-state index in [0.29, 0.717) is 19.5 Å². The van der Waals surface area contributed by atoms with Gasteiger partial charge in [-0.25, -0.2) is 9.59 Å². The molecule has 1 aliphatic heterocycles. The van der Waals surface area contributed by atoms with Gasteiger partial charge in [0.1, 0.15) is 6.04 Å². The van der Waals surface area contributed by atoms with Gasteiger partial charge in [-0.3, -0.25) is 4.79 Å². The van der Waals surface area contributed by atoms with Crippen molar-refractivity contribution >= 4 is 23.9 Å². The van der Waals surface area contributed by atoms with Crippen LogP contribution in [0.25, 0.3) is 0 Å². The Bertz CT molecular complexity index is 709. The molecule has 28 heavy (non-hydrogen) atoms. The Hall–Kier alpha value is -2.93. The number of anilines is 1. The quantitative estimate of drug-likeness (QED) is 0.285. The van der Waals surface area contributed by atoms with Gasteiger partial charge in [-0.1, -0.05) is 0 Å². The van der Waals surface area contributed by atoms with Crippen molar-refractivity contribution < 1.29 is 34.2 Å². The van der Waals surface area contributed by atoms with E-state index in [1.54, 1.807) is 4.90 Å².